The fourth-order valence-electron chi connectivity index (χ4n) is 3.62. The molecule has 4 N–H and O–H groups in total. The Bertz CT molecular complexity index is 252. The maximum Gasteiger partial charge on any atom is 0.221 e. The van der Waals surface area contributed by atoms with Crippen LogP contribution in [0.25, 0.3) is 0 Å². The maximum atomic E-state index is 11.3. The monoisotopic (exact) mass is 198 g/mol. The Balaban J connectivity index is 3.07. The number of nitrogens with two attached hydrogens (primary N) is 2. The van der Waals surface area contributed by atoms with Crippen molar-refractivity contribution < 1.29 is 9.59 Å². The molecule has 0 aromatic heterocycles. The van der Waals surface area contributed by atoms with Crippen molar-refractivity contribution >= 4 is 11.8 Å². The lowest BCUT2D eigenvalue weighted by atomic mass is 9.41. The Labute approximate surface area is 84.0 Å². The molecule has 0 spiro atoms. The molecule has 2 amide bonds. The molecule has 1 saturated carbocycles. The number of primary amides is 2. The molecule has 0 aliphatic heterocycles. The minimum Gasteiger partial charge on any atom is -0.369 e. The maximum absolute atomic E-state index is 11.3. The minimum absolute atomic E-state index is 0.285. The highest BCUT2D eigenvalue weighted by Gasteiger charge is 2.66. The summed E-state index contributed by atoms with van der Waals surface area (Å²) in [5.41, 5.74) is 9.81. The fourth-order valence-corrected chi connectivity index (χ4v) is 3.62. The van der Waals surface area contributed by atoms with E-state index in [1.165, 1.54) is 0 Å². The molecule has 0 bridgehead atoms. The van der Waals surface area contributed by atoms with Crippen molar-refractivity contribution in [2.75, 3.05) is 0 Å². The van der Waals surface area contributed by atoms with Crippen molar-refractivity contribution in [3.05, 3.63) is 0 Å². The van der Waals surface area contributed by atoms with E-state index in [1.807, 2.05) is 27.7 Å². The van der Waals surface area contributed by atoms with Crippen LogP contribution in [0.1, 0.15) is 27.7 Å². The third-order valence-corrected chi connectivity index (χ3v) is 3.55. The first-order chi connectivity index (χ1) is 6.13. The van der Waals surface area contributed by atoms with Crippen LogP contribution in [0, 0.1) is 22.7 Å². The minimum atomic E-state index is -0.416. The predicted molar refractivity (Wildman–Crippen MR) is 52.9 cm³/mol. The second kappa shape index (κ2) is 2.72. The fraction of sp³-hybridized carbons (Fsp3) is 0.800. The van der Waals surface area contributed by atoms with Crippen LogP contribution >= 0.6 is 0 Å². The van der Waals surface area contributed by atoms with Gasteiger partial charge in [-0.3, -0.25) is 9.59 Å². The molecule has 1 aliphatic rings. The summed E-state index contributed by atoms with van der Waals surface area (Å²) in [7, 11) is 0. The zero-order valence-corrected chi connectivity index (χ0v) is 9.13. The van der Waals surface area contributed by atoms with Gasteiger partial charge in [-0.2, -0.15) is 0 Å². The number of rotatable bonds is 2. The zero-order valence-electron chi connectivity index (χ0n) is 9.13. The van der Waals surface area contributed by atoms with E-state index in [9.17, 15) is 9.59 Å². The second-order valence-electron chi connectivity index (χ2n) is 5.31. The average molecular weight is 198 g/mol. The molecule has 0 aromatic carbocycles. The van der Waals surface area contributed by atoms with Gasteiger partial charge in [-0.25, -0.2) is 0 Å². The Kier molecular flexibility index (Phi) is 2.14. The highest BCUT2D eigenvalue weighted by molar-refractivity contribution is 5.87. The van der Waals surface area contributed by atoms with Gasteiger partial charge in [0.2, 0.25) is 11.8 Å². The van der Waals surface area contributed by atoms with Crippen molar-refractivity contribution in [3.8, 4) is 0 Å². The first-order valence-electron chi connectivity index (χ1n) is 4.72. The van der Waals surface area contributed by atoms with Crippen molar-refractivity contribution in [1.82, 2.24) is 0 Å². The normalized spacial score (nSPS) is 33.1. The van der Waals surface area contributed by atoms with Gasteiger partial charge < -0.3 is 11.5 Å². The van der Waals surface area contributed by atoms with Gasteiger partial charge in [0.25, 0.3) is 0 Å². The van der Waals surface area contributed by atoms with Gasteiger partial charge in [0.05, 0.1) is 0 Å². The van der Waals surface area contributed by atoms with E-state index in [-0.39, 0.29) is 23.7 Å². The standard InChI is InChI=1S/C10H18N2O2/c1-9(2)5(7(11)13)10(3,4)6(9)8(12)14/h5-6H,1-4H3,(H2,11,13)(H2,12,14). The van der Waals surface area contributed by atoms with Crippen LogP contribution in [0.2, 0.25) is 0 Å². The highest BCUT2D eigenvalue weighted by atomic mass is 16.2. The molecule has 4 heteroatoms. The number of hydrogen-bond acceptors (Lipinski definition) is 2. The van der Waals surface area contributed by atoms with Gasteiger partial charge in [0.15, 0.2) is 0 Å². The first-order valence-corrected chi connectivity index (χ1v) is 4.72. The van der Waals surface area contributed by atoms with Crippen LogP contribution < -0.4 is 11.5 Å². The molecule has 0 atom stereocenters. The molecular weight excluding hydrogens is 180 g/mol. The molecule has 1 fully saturated rings. The number of amides is 2. The van der Waals surface area contributed by atoms with Gasteiger partial charge in [-0.1, -0.05) is 27.7 Å². The Morgan fingerprint density at radius 3 is 1.21 bits per heavy atom. The summed E-state index contributed by atoms with van der Waals surface area (Å²) < 4.78 is 0. The van der Waals surface area contributed by atoms with Crippen molar-refractivity contribution in [1.29, 1.82) is 0 Å². The molecule has 1 aliphatic carbocycles. The molecular formula is C10H18N2O2. The van der Waals surface area contributed by atoms with E-state index in [4.69, 9.17) is 11.5 Å². The Morgan fingerprint density at radius 2 is 1.07 bits per heavy atom. The summed E-state index contributed by atoms with van der Waals surface area (Å²) in [6, 6.07) is 0. The molecule has 0 heterocycles. The lowest BCUT2D eigenvalue weighted by molar-refractivity contribution is -0.182. The van der Waals surface area contributed by atoms with Crippen LogP contribution in [0.15, 0.2) is 0 Å². The average Bonchev–Trinajstić information content (AvgIpc) is 1.77. The SMILES string of the molecule is CC1(C)C(C(N)=O)C(C)(C)C1C(N)=O. The van der Waals surface area contributed by atoms with Gasteiger partial charge in [0.1, 0.15) is 0 Å². The van der Waals surface area contributed by atoms with Crippen LogP contribution in [0.5, 0.6) is 0 Å². The summed E-state index contributed by atoms with van der Waals surface area (Å²) >= 11 is 0. The third kappa shape index (κ3) is 1.13. The number of carbonyl (C=O) groups excluding carboxylic acids is 2. The van der Waals surface area contributed by atoms with Crippen LogP contribution in [-0.4, -0.2) is 11.8 Å². The predicted octanol–water partition coefficient (Wildman–Crippen LogP) is 0.255. The quantitative estimate of drug-likeness (QED) is 0.666. The molecule has 0 unspecified atom stereocenters. The van der Waals surface area contributed by atoms with E-state index in [0.29, 0.717) is 0 Å². The molecule has 0 aromatic rings. The number of carbonyl (C=O) groups is 2. The van der Waals surface area contributed by atoms with Gasteiger partial charge in [0, 0.05) is 11.8 Å². The van der Waals surface area contributed by atoms with E-state index in [0.717, 1.165) is 0 Å². The van der Waals surface area contributed by atoms with Gasteiger partial charge in [-0.05, 0) is 10.8 Å². The lowest BCUT2D eigenvalue weighted by Crippen LogP contribution is -2.67. The van der Waals surface area contributed by atoms with Gasteiger partial charge in [-0.15, -0.1) is 0 Å². The summed E-state index contributed by atoms with van der Waals surface area (Å²) in [6.45, 7) is 7.46. The summed E-state index contributed by atoms with van der Waals surface area (Å²) in [5, 5.41) is 0. The molecule has 80 valence electrons. The lowest BCUT2D eigenvalue weighted by Gasteiger charge is -2.61. The van der Waals surface area contributed by atoms with E-state index < -0.39 is 10.8 Å². The third-order valence-electron chi connectivity index (χ3n) is 3.55. The van der Waals surface area contributed by atoms with Crippen molar-refractivity contribution in [3.63, 3.8) is 0 Å². The van der Waals surface area contributed by atoms with Gasteiger partial charge >= 0.3 is 0 Å². The van der Waals surface area contributed by atoms with Crippen molar-refractivity contribution in [2.45, 2.75) is 27.7 Å². The molecule has 0 radical (unpaired) electrons. The van der Waals surface area contributed by atoms with E-state index in [1.54, 1.807) is 0 Å². The largest absolute Gasteiger partial charge is 0.369 e. The zero-order chi connectivity index (χ0) is 11.3. The summed E-state index contributed by atoms with van der Waals surface area (Å²) in [5.74, 6) is -1.27. The van der Waals surface area contributed by atoms with Crippen LogP contribution in [0.3, 0.4) is 0 Å². The Hall–Kier alpha value is -1.06. The van der Waals surface area contributed by atoms with Crippen LogP contribution in [0.4, 0.5) is 0 Å². The highest BCUT2D eigenvalue weighted by Crippen LogP contribution is 2.62. The topological polar surface area (TPSA) is 86.2 Å². The van der Waals surface area contributed by atoms with Crippen LogP contribution in [-0.2, 0) is 9.59 Å². The molecule has 1 rings (SSSR count). The molecule has 4 nitrogen and oxygen atoms in total. The second-order valence-corrected chi connectivity index (χ2v) is 5.31. The Morgan fingerprint density at radius 1 is 0.857 bits per heavy atom. The summed E-state index contributed by atoms with van der Waals surface area (Å²) in [6.07, 6.45) is 0. The summed E-state index contributed by atoms with van der Waals surface area (Å²) in [4.78, 5) is 22.5. The smallest absolute Gasteiger partial charge is 0.221 e. The van der Waals surface area contributed by atoms with E-state index >= 15 is 0 Å². The molecule has 0 saturated heterocycles. The molecule has 14 heavy (non-hydrogen) atoms. The number of hydrogen-bond donors (Lipinski definition) is 2. The van der Waals surface area contributed by atoms with Crippen molar-refractivity contribution in [2.24, 2.45) is 34.1 Å². The van der Waals surface area contributed by atoms with E-state index in [2.05, 4.69) is 0 Å². The first kappa shape index (κ1) is 11.0.